The van der Waals surface area contributed by atoms with E-state index in [1.54, 1.807) is 11.9 Å². The zero-order valence-corrected chi connectivity index (χ0v) is 15.4. The largest absolute Gasteiger partial charge is 0.313 e. The number of alkyl halides is 1. The van der Waals surface area contributed by atoms with Crippen molar-refractivity contribution in [1.29, 1.82) is 0 Å². The van der Waals surface area contributed by atoms with Crippen LogP contribution < -0.4 is 4.90 Å². The number of carbonyl (C=O) groups excluding carboxylic acids is 1. The number of halogens is 1. The molecule has 0 N–H and O–H groups in total. The van der Waals surface area contributed by atoms with Crippen LogP contribution in [0.5, 0.6) is 0 Å². The quantitative estimate of drug-likeness (QED) is 0.505. The number of benzene rings is 2. The lowest BCUT2D eigenvalue weighted by molar-refractivity contribution is -0.116. The second kappa shape index (κ2) is 7.72. The smallest absolute Gasteiger partial charge is 0.255 e. The SMILES string of the molecule is CN(C(=O)C(Cl)Sc1nnc(-c2ccccc2)n1C)c1ccccc1. The molecule has 7 heteroatoms. The van der Waals surface area contributed by atoms with Gasteiger partial charge >= 0.3 is 0 Å². The zero-order chi connectivity index (χ0) is 17.8. The van der Waals surface area contributed by atoms with E-state index < -0.39 is 4.71 Å². The van der Waals surface area contributed by atoms with Gasteiger partial charge in [-0.15, -0.1) is 10.2 Å². The van der Waals surface area contributed by atoms with Crippen molar-refractivity contribution in [2.24, 2.45) is 7.05 Å². The van der Waals surface area contributed by atoms with Gasteiger partial charge in [0.25, 0.3) is 5.91 Å². The fourth-order valence-corrected chi connectivity index (χ4v) is 3.49. The Labute approximate surface area is 155 Å². The molecule has 128 valence electrons. The Hall–Kier alpha value is -2.31. The summed E-state index contributed by atoms with van der Waals surface area (Å²) in [6.07, 6.45) is 0. The Kier molecular flexibility index (Phi) is 5.40. The number of nitrogens with zero attached hydrogens (tertiary/aromatic N) is 4. The molecule has 1 aromatic heterocycles. The van der Waals surface area contributed by atoms with Crippen LogP contribution in [-0.2, 0) is 11.8 Å². The van der Waals surface area contributed by atoms with Gasteiger partial charge in [0.1, 0.15) is 0 Å². The molecule has 1 heterocycles. The number of para-hydroxylation sites is 1. The van der Waals surface area contributed by atoms with Gasteiger partial charge in [-0.3, -0.25) is 4.79 Å². The fraction of sp³-hybridized carbons (Fsp3) is 0.167. The Morgan fingerprint density at radius 3 is 2.32 bits per heavy atom. The van der Waals surface area contributed by atoms with E-state index in [4.69, 9.17) is 11.6 Å². The lowest BCUT2D eigenvalue weighted by Crippen LogP contribution is -2.32. The molecule has 3 aromatic rings. The van der Waals surface area contributed by atoms with Gasteiger partial charge in [-0.05, 0) is 12.1 Å². The summed E-state index contributed by atoms with van der Waals surface area (Å²) in [5.74, 6) is 0.526. The molecular weight excluding hydrogens is 356 g/mol. The topological polar surface area (TPSA) is 51.0 Å². The first-order valence-corrected chi connectivity index (χ1v) is 8.97. The lowest BCUT2D eigenvalue weighted by Gasteiger charge is -2.19. The number of aromatic nitrogens is 3. The van der Waals surface area contributed by atoms with E-state index in [-0.39, 0.29) is 5.91 Å². The van der Waals surface area contributed by atoms with Crippen LogP contribution in [0.2, 0.25) is 0 Å². The summed E-state index contributed by atoms with van der Waals surface area (Å²) in [6.45, 7) is 0. The molecule has 0 spiro atoms. The maximum absolute atomic E-state index is 12.6. The zero-order valence-electron chi connectivity index (χ0n) is 13.8. The van der Waals surface area contributed by atoms with Crippen molar-refractivity contribution < 1.29 is 4.79 Å². The molecule has 2 aromatic carbocycles. The van der Waals surface area contributed by atoms with Crippen LogP contribution in [0.4, 0.5) is 5.69 Å². The first-order valence-electron chi connectivity index (χ1n) is 7.66. The average Bonchev–Trinajstić information content (AvgIpc) is 3.02. The minimum absolute atomic E-state index is 0.206. The van der Waals surface area contributed by atoms with E-state index in [0.717, 1.165) is 17.1 Å². The normalized spacial score (nSPS) is 12.0. The van der Waals surface area contributed by atoms with Crippen LogP contribution in [-0.4, -0.2) is 32.4 Å². The molecular formula is C18H17ClN4OS. The first-order chi connectivity index (χ1) is 12.1. The third-order valence-corrected chi connectivity index (χ3v) is 5.17. The molecule has 0 aliphatic heterocycles. The molecule has 3 rings (SSSR count). The number of amides is 1. The summed E-state index contributed by atoms with van der Waals surface area (Å²) >= 11 is 7.51. The van der Waals surface area contributed by atoms with E-state index in [1.165, 1.54) is 11.8 Å². The van der Waals surface area contributed by atoms with Crippen molar-refractivity contribution in [3.05, 3.63) is 60.7 Å². The highest BCUT2D eigenvalue weighted by Crippen LogP contribution is 2.29. The highest BCUT2D eigenvalue weighted by molar-refractivity contribution is 8.01. The summed E-state index contributed by atoms with van der Waals surface area (Å²) < 4.78 is 1.04. The second-order valence-electron chi connectivity index (χ2n) is 5.40. The van der Waals surface area contributed by atoms with Crippen molar-refractivity contribution in [3.63, 3.8) is 0 Å². The predicted octanol–water partition coefficient (Wildman–Crippen LogP) is 3.80. The lowest BCUT2D eigenvalue weighted by atomic mass is 10.2. The maximum Gasteiger partial charge on any atom is 0.255 e. The molecule has 0 bridgehead atoms. The van der Waals surface area contributed by atoms with Gasteiger partial charge in [0.2, 0.25) is 0 Å². The molecule has 25 heavy (non-hydrogen) atoms. The number of anilines is 1. The number of thioether (sulfide) groups is 1. The van der Waals surface area contributed by atoms with Gasteiger partial charge in [0, 0.05) is 25.3 Å². The Bertz CT molecular complexity index is 854. The fourth-order valence-electron chi connectivity index (χ4n) is 2.33. The molecule has 0 aliphatic carbocycles. The van der Waals surface area contributed by atoms with Crippen LogP contribution in [0, 0.1) is 0 Å². The van der Waals surface area contributed by atoms with Crippen molar-refractivity contribution in [2.75, 3.05) is 11.9 Å². The standard InChI is InChI=1S/C18H17ClN4OS/c1-22(14-11-7-4-8-12-14)17(24)15(19)25-18-21-20-16(23(18)2)13-9-5-3-6-10-13/h3-12,15H,1-2H3. The number of hydrogen-bond donors (Lipinski definition) is 0. The Morgan fingerprint density at radius 2 is 1.68 bits per heavy atom. The van der Waals surface area contributed by atoms with Gasteiger partial charge in [-0.1, -0.05) is 71.9 Å². The minimum Gasteiger partial charge on any atom is -0.313 e. The van der Waals surface area contributed by atoms with Crippen LogP contribution in [0.25, 0.3) is 11.4 Å². The van der Waals surface area contributed by atoms with Crippen LogP contribution in [0.1, 0.15) is 0 Å². The molecule has 1 atom stereocenters. The first kappa shape index (κ1) is 17.5. The molecule has 0 saturated heterocycles. The highest BCUT2D eigenvalue weighted by Gasteiger charge is 2.24. The van der Waals surface area contributed by atoms with Gasteiger partial charge in [0.15, 0.2) is 15.7 Å². The summed E-state index contributed by atoms with van der Waals surface area (Å²) in [7, 11) is 3.57. The monoisotopic (exact) mass is 372 g/mol. The van der Waals surface area contributed by atoms with Crippen molar-refractivity contribution in [3.8, 4) is 11.4 Å². The average molecular weight is 373 g/mol. The molecule has 5 nitrogen and oxygen atoms in total. The molecule has 1 unspecified atom stereocenters. The highest BCUT2D eigenvalue weighted by atomic mass is 35.5. The van der Waals surface area contributed by atoms with E-state index in [9.17, 15) is 4.79 Å². The predicted molar refractivity (Wildman–Crippen MR) is 102 cm³/mol. The number of hydrogen-bond acceptors (Lipinski definition) is 4. The van der Waals surface area contributed by atoms with Gasteiger partial charge in [0.05, 0.1) is 0 Å². The van der Waals surface area contributed by atoms with Crippen LogP contribution in [0.3, 0.4) is 0 Å². The van der Waals surface area contributed by atoms with Crippen molar-refractivity contribution >= 4 is 35.0 Å². The van der Waals surface area contributed by atoms with Gasteiger partial charge in [-0.2, -0.15) is 0 Å². The van der Waals surface area contributed by atoms with Crippen LogP contribution in [0.15, 0.2) is 65.8 Å². The third-order valence-electron chi connectivity index (χ3n) is 3.74. The van der Waals surface area contributed by atoms with Gasteiger partial charge < -0.3 is 9.47 Å². The van der Waals surface area contributed by atoms with E-state index in [1.807, 2.05) is 72.3 Å². The maximum atomic E-state index is 12.6. The van der Waals surface area contributed by atoms with E-state index >= 15 is 0 Å². The summed E-state index contributed by atoms with van der Waals surface area (Å²) in [4.78, 5) is 14.1. The van der Waals surface area contributed by atoms with Crippen LogP contribution >= 0.6 is 23.4 Å². The van der Waals surface area contributed by atoms with Crippen molar-refractivity contribution in [2.45, 2.75) is 9.87 Å². The van der Waals surface area contributed by atoms with E-state index in [0.29, 0.717) is 5.16 Å². The third kappa shape index (κ3) is 3.86. The number of carbonyl (C=O) groups is 1. The Morgan fingerprint density at radius 1 is 1.08 bits per heavy atom. The second-order valence-corrected chi connectivity index (χ2v) is 7.17. The molecule has 0 saturated carbocycles. The summed E-state index contributed by atoms with van der Waals surface area (Å²) in [5, 5.41) is 8.97. The molecule has 0 aliphatic rings. The van der Waals surface area contributed by atoms with Crippen molar-refractivity contribution in [1.82, 2.24) is 14.8 Å². The molecule has 1 amide bonds. The minimum atomic E-state index is -0.795. The number of rotatable bonds is 5. The molecule has 0 fully saturated rings. The summed E-state index contributed by atoms with van der Waals surface area (Å²) in [6, 6.07) is 19.1. The van der Waals surface area contributed by atoms with E-state index in [2.05, 4.69) is 10.2 Å². The Balaban J connectivity index is 1.74. The van der Waals surface area contributed by atoms with Gasteiger partial charge in [-0.25, -0.2) is 0 Å². The summed E-state index contributed by atoms with van der Waals surface area (Å²) in [5.41, 5.74) is 1.75. The molecule has 0 radical (unpaired) electrons.